The lowest BCUT2D eigenvalue weighted by atomic mass is 10.1. The van der Waals surface area contributed by atoms with Crippen molar-refractivity contribution in [3.05, 3.63) is 52.7 Å². The second-order valence-electron chi connectivity index (χ2n) is 7.80. The summed E-state index contributed by atoms with van der Waals surface area (Å²) in [5.41, 5.74) is 9.88. The molecule has 3 N–H and O–H groups in total. The highest BCUT2D eigenvalue weighted by Crippen LogP contribution is 2.39. The Bertz CT molecular complexity index is 1140. The van der Waals surface area contributed by atoms with Crippen LogP contribution in [0.25, 0.3) is 10.9 Å². The number of carbonyl (C=O) groups excluding carboxylic acids is 1. The predicted molar refractivity (Wildman–Crippen MR) is 126 cm³/mol. The topological polar surface area (TPSA) is 83.7 Å². The van der Waals surface area contributed by atoms with Gasteiger partial charge in [0.1, 0.15) is 5.75 Å². The fourth-order valence-electron chi connectivity index (χ4n) is 3.87. The van der Waals surface area contributed by atoms with Gasteiger partial charge >= 0.3 is 0 Å². The zero-order chi connectivity index (χ0) is 22.1. The number of nitrogens with zero attached hydrogens (tertiary/aromatic N) is 3. The number of rotatable bonds is 5. The molecule has 1 amide bonds. The van der Waals surface area contributed by atoms with E-state index in [0.29, 0.717) is 27.5 Å². The minimum Gasteiger partial charge on any atom is -0.495 e. The van der Waals surface area contributed by atoms with E-state index in [1.807, 2.05) is 37.3 Å². The van der Waals surface area contributed by atoms with Crippen LogP contribution in [0.3, 0.4) is 0 Å². The number of aromatic nitrogens is 1. The molecule has 0 spiro atoms. The number of pyridine rings is 1. The van der Waals surface area contributed by atoms with Crippen molar-refractivity contribution in [3.8, 4) is 5.75 Å². The molecule has 0 unspecified atom stereocenters. The van der Waals surface area contributed by atoms with Crippen LogP contribution in [-0.2, 0) is 0 Å². The Kier molecular flexibility index (Phi) is 5.89. The van der Waals surface area contributed by atoms with Crippen molar-refractivity contribution in [2.75, 3.05) is 50.6 Å². The number of hydrogen-bond donors (Lipinski definition) is 2. The van der Waals surface area contributed by atoms with Gasteiger partial charge in [-0.2, -0.15) is 0 Å². The molecule has 0 aliphatic carbocycles. The molecule has 0 radical (unpaired) electrons. The molecule has 1 saturated heterocycles. The number of likely N-dealkylation sites (N-methyl/N-ethyl adjacent to an activating group) is 1. The van der Waals surface area contributed by atoms with Crippen molar-refractivity contribution < 1.29 is 9.53 Å². The lowest BCUT2D eigenvalue weighted by Gasteiger charge is -2.35. The number of primary amides is 1. The van der Waals surface area contributed by atoms with Crippen molar-refractivity contribution >= 4 is 45.5 Å². The SMILES string of the molecule is COc1cc2ncc(C(N)=O)c(Nc3cccc(C)c3Cl)c2cc1N1CCN(C)CC1. The second-order valence-corrected chi connectivity index (χ2v) is 8.18. The van der Waals surface area contributed by atoms with Crippen LogP contribution >= 0.6 is 11.6 Å². The summed E-state index contributed by atoms with van der Waals surface area (Å²) in [6, 6.07) is 9.64. The summed E-state index contributed by atoms with van der Waals surface area (Å²) in [4.78, 5) is 21.3. The molecule has 2 heterocycles. The summed E-state index contributed by atoms with van der Waals surface area (Å²) in [6.07, 6.45) is 1.49. The van der Waals surface area contributed by atoms with Gasteiger partial charge in [-0.05, 0) is 31.7 Å². The van der Waals surface area contributed by atoms with Gasteiger partial charge in [0.15, 0.2) is 0 Å². The van der Waals surface area contributed by atoms with Gasteiger partial charge in [-0.15, -0.1) is 0 Å². The third-order valence-corrected chi connectivity index (χ3v) is 6.23. The summed E-state index contributed by atoms with van der Waals surface area (Å²) in [5.74, 6) is 0.188. The second kappa shape index (κ2) is 8.61. The first-order valence-corrected chi connectivity index (χ1v) is 10.5. The number of fused-ring (bicyclic) bond motifs is 1. The Morgan fingerprint density at radius 3 is 2.65 bits per heavy atom. The number of nitrogens with one attached hydrogen (secondary N) is 1. The number of ether oxygens (including phenoxy) is 1. The number of hydrogen-bond acceptors (Lipinski definition) is 6. The normalized spacial score (nSPS) is 14.6. The molecule has 1 aliphatic rings. The minimum atomic E-state index is -0.558. The number of halogens is 1. The zero-order valence-electron chi connectivity index (χ0n) is 17.9. The van der Waals surface area contributed by atoms with Gasteiger partial charge in [0, 0.05) is 43.8 Å². The molecule has 2 aromatic carbocycles. The van der Waals surface area contributed by atoms with E-state index in [0.717, 1.165) is 48.6 Å². The summed E-state index contributed by atoms with van der Waals surface area (Å²) in [6.45, 7) is 5.63. The maximum absolute atomic E-state index is 12.2. The fourth-order valence-corrected chi connectivity index (χ4v) is 4.04. The Hall–Kier alpha value is -3.03. The Morgan fingerprint density at radius 1 is 1.23 bits per heavy atom. The van der Waals surface area contributed by atoms with E-state index in [-0.39, 0.29) is 0 Å². The molecular formula is C23H26ClN5O2. The van der Waals surface area contributed by atoms with Gasteiger partial charge in [0.05, 0.1) is 40.3 Å². The van der Waals surface area contributed by atoms with Crippen molar-refractivity contribution in [3.63, 3.8) is 0 Å². The van der Waals surface area contributed by atoms with Crippen LogP contribution in [0.5, 0.6) is 5.75 Å². The van der Waals surface area contributed by atoms with E-state index in [4.69, 9.17) is 22.1 Å². The molecule has 31 heavy (non-hydrogen) atoms. The smallest absolute Gasteiger partial charge is 0.252 e. The van der Waals surface area contributed by atoms with Gasteiger partial charge in [-0.3, -0.25) is 9.78 Å². The van der Waals surface area contributed by atoms with Gasteiger partial charge in [-0.1, -0.05) is 23.7 Å². The molecule has 4 rings (SSSR count). The van der Waals surface area contributed by atoms with E-state index >= 15 is 0 Å². The average Bonchev–Trinajstić information content (AvgIpc) is 2.76. The Morgan fingerprint density at radius 2 is 1.97 bits per heavy atom. The molecule has 0 saturated carbocycles. The molecule has 8 heteroatoms. The molecule has 1 aromatic heterocycles. The van der Waals surface area contributed by atoms with E-state index < -0.39 is 5.91 Å². The van der Waals surface area contributed by atoms with Crippen LogP contribution in [0, 0.1) is 6.92 Å². The number of piperazine rings is 1. The summed E-state index contributed by atoms with van der Waals surface area (Å²) < 4.78 is 5.68. The molecular weight excluding hydrogens is 414 g/mol. The average molecular weight is 440 g/mol. The first kappa shape index (κ1) is 21.2. The number of aryl methyl sites for hydroxylation is 1. The molecule has 3 aromatic rings. The number of nitrogens with two attached hydrogens (primary N) is 1. The quantitative estimate of drug-likeness (QED) is 0.629. The Balaban J connectivity index is 1.89. The predicted octanol–water partition coefficient (Wildman–Crippen LogP) is 3.80. The maximum Gasteiger partial charge on any atom is 0.252 e. The molecule has 7 nitrogen and oxygen atoms in total. The van der Waals surface area contributed by atoms with E-state index in [2.05, 4.69) is 27.1 Å². The van der Waals surface area contributed by atoms with Crippen LogP contribution < -0.4 is 20.7 Å². The van der Waals surface area contributed by atoms with E-state index in [1.54, 1.807) is 7.11 Å². The number of carbonyl (C=O) groups is 1. The maximum atomic E-state index is 12.2. The monoisotopic (exact) mass is 439 g/mol. The Labute approximate surface area is 186 Å². The number of anilines is 3. The third-order valence-electron chi connectivity index (χ3n) is 5.73. The molecule has 1 aliphatic heterocycles. The summed E-state index contributed by atoms with van der Waals surface area (Å²) in [7, 11) is 3.77. The fraction of sp³-hybridized carbons (Fsp3) is 0.304. The highest BCUT2D eigenvalue weighted by atomic mass is 35.5. The van der Waals surface area contributed by atoms with E-state index in [9.17, 15) is 4.79 Å². The number of benzene rings is 2. The largest absolute Gasteiger partial charge is 0.495 e. The van der Waals surface area contributed by atoms with Gasteiger partial charge < -0.3 is 25.6 Å². The molecule has 0 bridgehead atoms. The van der Waals surface area contributed by atoms with E-state index in [1.165, 1.54) is 6.20 Å². The number of methoxy groups -OCH3 is 1. The lowest BCUT2D eigenvalue weighted by molar-refractivity contribution is 0.100. The van der Waals surface area contributed by atoms with Crippen LogP contribution in [0.2, 0.25) is 5.02 Å². The standard InChI is InChI=1S/C23H26ClN5O2/c1-14-5-4-6-17(21(14)24)27-22-15-11-19(29-9-7-28(2)8-10-29)20(31-3)12-18(15)26-13-16(22)23(25)30/h4-6,11-13H,7-10H2,1-3H3,(H2,25,30)(H,26,27). The van der Waals surface area contributed by atoms with Gasteiger partial charge in [0.25, 0.3) is 5.91 Å². The molecule has 162 valence electrons. The highest BCUT2D eigenvalue weighted by Gasteiger charge is 2.22. The first-order chi connectivity index (χ1) is 14.9. The van der Waals surface area contributed by atoms with Gasteiger partial charge in [-0.25, -0.2) is 0 Å². The number of amides is 1. The van der Waals surface area contributed by atoms with Crippen LogP contribution in [0.15, 0.2) is 36.5 Å². The molecule has 1 fully saturated rings. The van der Waals surface area contributed by atoms with Gasteiger partial charge in [0.2, 0.25) is 0 Å². The van der Waals surface area contributed by atoms with Crippen molar-refractivity contribution in [2.45, 2.75) is 6.92 Å². The lowest BCUT2D eigenvalue weighted by Crippen LogP contribution is -2.44. The first-order valence-electron chi connectivity index (χ1n) is 10.1. The van der Waals surface area contributed by atoms with Crippen molar-refractivity contribution in [2.24, 2.45) is 5.73 Å². The minimum absolute atomic E-state index is 0.305. The van der Waals surface area contributed by atoms with Crippen molar-refractivity contribution in [1.82, 2.24) is 9.88 Å². The zero-order valence-corrected chi connectivity index (χ0v) is 18.7. The van der Waals surface area contributed by atoms with Crippen molar-refractivity contribution in [1.29, 1.82) is 0 Å². The summed E-state index contributed by atoms with van der Waals surface area (Å²) >= 11 is 6.51. The third kappa shape index (κ3) is 4.11. The highest BCUT2D eigenvalue weighted by molar-refractivity contribution is 6.34. The van der Waals surface area contributed by atoms with Crippen LogP contribution in [-0.4, -0.2) is 56.1 Å². The van der Waals surface area contributed by atoms with Crippen LogP contribution in [0.4, 0.5) is 17.1 Å². The van der Waals surface area contributed by atoms with Crippen LogP contribution in [0.1, 0.15) is 15.9 Å². The molecule has 0 atom stereocenters. The summed E-state index contributed by atoms with van der Waals surface area (Å²) in [5, 5.41) is 4.71.